The molecule has 5 nitrogen and oxygen atoms in total. The summed E-state index contributed by atoms with van der Waals surface area (Å²) >= 11 is 0. The van der Waals surface area contributed by atoms with Gasteiger partial charge in [0.25, 0.3) is 0 Å². The number of carbonyl (C=O) groups is 1. The van der Waals surface area contributed by atoms with E-state index in [1.165, 1.54) is 32.5 Å². The largest absolute Gasteiger partial charge is 0.383 e. The molecule has 1 amide bonds. The number of hydrogen-bond donors (Lipinski definition) is 0. The predicted octanol–water partition coefficient (Wildman–Crippen LogP) is 0.509. The number of rotatable bonds is 5. The van der Waals surface area contributed by atoms with Gasteiger partial charge in [-0.05, 0) is 18.8 Å². The Morgan fingerprint density at radius 3 is 2.20 bits per heavy atom. The summed E-state index contributed by atoms with van der Waals surface area (Å²) < 4.78 is 5.13. The Kier molecular flexibility index (Phi) is 6.26. The summed E-state index contributed by atoms with van der Waals surface area (Å²) in [5.74, 6) is 1.01. The molecule has 2 aliphatic rings. The van der Waals surface area contributed by atoms with Crippen LogP contribution in [-0.4, -0.2) is 86.7 Å². The molecule has 0 aromatic rings. The number of piperidine rings is 1. The smallest absolute Gasteiger partial charge is 0.219 e. The zero-order chi connectivity index (χ0) is 14.4. The monoisotopic (exact) mass is 283 g/mol. The molecule has 0 radical (unpaired) electrons. The van der Waals surface area contributed by atoms with Gasteiger partial charge in [-0.2, -0.15) is 0 Å². The minimum Gasteiger partial charge on any atom is -0.383 e. The molecule has 5 heteroatoms. The molecule has 116 valence electrons. The summed E-state index contributed by atoms with van der Waals surface area (Å²) in [5, 5.41) is 0. The molecule has 0 aromatic heterocycles. The summed E-state index contributed by atoms with van der Waals surface area (Å²) in [7, 11) is 1.77. The van der Waals surface area contributed by atoms with Crippen molar-refractivity contribution in [3.8, 4) is 0 Å². The second kappa shape index (κ2) is 7.96. The second-order valence-electron chi connectivity index (χ2n) is 6.08. The van der Waals surface area contributed by atoms with Crippen LogP contribution < -0.4 is 0 Å². The van der Waals surface area contributed by atoms with E-state index in [0.717, 1.165) is 45.2 Å². The molecule has 0 aromatic carbocycles. The molecule has 2 aliphatic heterocycles. The van der Waals surface area contributed by atoms with Crippen LogP contribution in [0.2, 0.25) is 0 Å². The molecule has 2 rings (SSSR count). The Morgan fingerprint density at radius 1 is 1.05 bits per heavy atom. The van der Waals surface area contributed by atoms with Crippen molar-refractivity contribution >= 4 is 5.91 Å². The summed E-state index contributed by atoms with van der Waals surface area (Å²) in [4.78, 5) is 18.4. The van der Waals surface area contributed by atoms with Gasteiger partial charge in [-0.25, -0.2) is 0 Å². The third kappa shape index (κ3) is 4.72. The minimum absolute atomic E-state index is 0.232. The Bertz CT molecular complexity index is 295. The first-order valence-electron chi connectivity index (χ1n) is 7.88. The highest BCUT2D eigenvalue weighted by Gasteiger charge is 2.24. The third-order valence-electron chi connectivity index (χ3n) is 4.65. The highest BCUT2D eigenvalue weighted by atomic mass is 16.5. The first-order valence-corrected chi connectivity index (χ1v) is 7.88. The molecule has 2 fully saturated rings. The topological polar surface area (TPSA) is 36.0 Å². The van der Waals surface area contributed by atoms with Crippen molar-refractivity contribution in [3.05, 3.63) is 0 Å². The molecule has 0 unspecified atom stereocenters. The van der Waals surface area contributed by atoms with E-state index in [0.29, 0.717) is 0 Å². The number of ether oxygens (including phenoxy) is 1. The van der Waals surface area contributed by atoms with Gasteiger partial charge in [-0.15, -0.1) is 0 Å². The lowest BCUT2D eigenvalue weighted by Gasteiger charge is -2.38. The quantitative estimate of drug-likeness (QED) is 0.736. The van der Waals surface area contributed by atoms with Crippen LogP contribution in [0.3, 0.4) is 0 Å². The van der Waals surface area contributed by atoms with Crippen LogP contribution in [0.15, 0.2) is 0 Å². The number of amides is 1. The first-order chi connectivity index (χ1) is 9.69. The van der Waals surface area contributed by atoms with Crippen molar-refractivity contribution < 1.29 is 9.53 Å². The van der Waals surface area contributed by atoms with E-state index in [1.54, 1.807) is 14.0 Å². The van der Waals surface area contributed by atoms with E-state index in [4.69, 9.17) is 4.74 Å². The van der Waals surface area contributed by atoms with E-state index in [1.807, 2.05) is 4.90 Å². The van der Waals surface area contributed by atoms with Crippen molar-refractivity contribution in [1.29, 1.82) is 0 Å². The van der Waals surface area contributed by atoms with Crippen LogP contribution in [-0.2, 0) is 9.53 Å². The van der Waals surface area contributed by atoms with E-state index in [9.17, 15) is 4.79 Å². The lowest BCUT2D eigenvalue weighted by molar-refractivity contribution is -0.130. The first kappa shape index (κ1) is 15.7. The molecule has 0 bridgehead atoms. The molecule has 0 aliphatic carbocycles. The molecule has 0 N–H and O–H groups in total. The zero-order valence-corrected chi connectivity index (χ0v) is 13.0. The normalized spacial score (nSPS) is 23.2. The average Bonchev–Trinajstić information content (AvgIpc) is 2.47. The molecule has 0 spiro atoms. The maximum atomic E-state index is 11.3. The van der Waals surface area contributed by atoms with Gasteiger partial charge < -0.3 is 14.5 Å². The molecule has 20 heavy (non-hydrogen) atoms. The van der Waals surface area contributed by atoms with E-state index in [-0.39, 0.29) is 5.91 Å². The van der Waals surface area contributed by atoms with Gasteiger partial charge in [0.15, 0.2) is 0 Å². The molecular weight excluding hydrogens is 254 g/mol. The fourth-order valence-corrected chi connectivity index (χ4v) is 3.21. The maximum Gasteiger partial charge on any atom is 0.219 e. The van der Waals surface area contributed by atoms with Gasteiger partial charge in [-0.3, -0.25) is 9.69 Å². The summed E-state index contributed by atoms with van der Waals surface area (Å²) in [6.45, 7) is 11.4. The number of nitrogens with zero attached hydrogens (tertiary/aromatic N) is 3. The maximum absolute atomic E-state index is 11.3. The van der Waals surface area contributed by atoms with Crippen LogP contribution in [0, 0.1) is 5.92 Å². The highest BCUT2D eigenvalue weighted by molar-refractivity contribution is 5.73. The lowest BCUT2D eigenvalue weighted by Crippen LogP contribution is -2.49. The summed E-state index contributed by atoms with van der Waals surface area (Å²) in [6, 6.07) is 0. The van der Waals surface area contributed by atoms with Gasteiger partial charge in [0.2, 0.25) is 5.91 Å². The van der Waals surface area contributed by atoms with E-state index >= 15 is 0 Å². The molecule has 0 saturated carbocycles. The number of carbonyl (C=O) groups excluding carboxylic acids is 1. The number of piperazine rings is 1. The Labute approximate surface area is 122 Å². The van der Waals surface area contributed by atoms with E-state index in [2.05, 4.69) is 9.80 Å². The third-order valence-corrected chi connectivity index (χ3v) is 4.65. The van der Waals surface area contributed by atoms with Gasteiger partial charge >= 0.3 is 0 Å². The lowest BCUT2D eigenvalue weighted by atomic mass is 9.96. The minimum atomic E-state index is 0.232. The van der Waals surface area contributed by atoms with Gasteiger partial charge in [-0.1, -0.05) is 0 Å². The summed E-state index contributed by atoms with van der Waals surface area (Å²) in [6.07, 6.45) is 2.34. The van der Waals surface area contributed by atoms with Crippen LogP contribution in [0.5, 0.6) is 0 Å². The van der Waals surface area contributed by atoms with Crippen LogP contribution in [0.4, 0.5) is 0 Å². The van der Waals surface area contributed by atoms with Crippen molar-refractivity contribution in [3.63, 3.8) is 0 Å². The van der Waals surface area contributed by atoms with Gasteiger partial charge in [0.05, 0.1) is 6.61 Å². The molecular formula is C15H29N3O2. The Morgan fingerprint density at radius 2 is 1.65 bits per heavy atom. The highest BCUT2D eigenvalue weighted by Crippen LogP contribution is 2.19. The predicted molar refractivity (Wildman–Crippen MR) is 79.7 cm³/mol. The fraction of sp³-hybridized carbons (Fsp3) is 0.933. The Hall–Kier alpha value is -0.650. The number of likely N-dealkylation sites (tertiary alicyclic amines) is 1. The van der Waals surface area contributed by atoms with Crippen LogP contribution in [0.25, 0.3) is 0 Å². The molecule has 2 saturated heterocycles. The molecule has 0 atom stereocenters. The van der Waals surface area contributed by atoms with Crippen molar-refractivity contribution in [2.24, 2.45) is 5.92 Å². The van der Waals surface area contributed by atoms with Crippen molar-refractivity contribution in [2.75, 3.05) is 66.1 Å². The van der Waals surface area contributed by atoms with Crippen LogP contribution >= 0.6 is 0 Å². The molecule has 2 heterocycles. The SMILES string of the molecule is COCCN1CCN(CC2CCN(C(C)=O)CC2)CC1. The second-order valence-corrected chi connectivity index (χ2v) is 6.08. The summed E-state index contributed by atoms with van der Waals surface area (Å²) in [5.41, 5.74) is 0. The van der Waals surface area contributed by atoms with Crippen LogP contribution in [0.1, 0.15) is 19.8 Å². The van der Waals surface area contributed by atoms with Gasteiger partial charge in [0, 0.05) is 66.4 Å². The number of hydrogen-bond acceptors (Lipinski definition) is 4. The fourth-order valence-electron chi connectivity index (χ4n) is 3.21. The Balaban J connectivity index is 1.63. The number of methoxy groups -OCH3 is 1. The van der Waals surface area contributed by atoms with Crippen molar-refractivity contribution in [1.82, 2.24) is 14.7 Å². The zero-order valence-electron chi connectivity index (χ0n) is 13.0. The van der Waals surface area contributed by atoms with E-state index < -0.39 is 0 Å². The standard InChI is InChI=1S/C15H29N3O2/c1-14(19)18-5-3-15(4-6-18)13-17-9-7-16(8-10-17)11-12-20-2/h15H,3-13H2,1-2H3. The van der Waals surface area contributed by atoms with Crippen molar-refractivity contribution in [2.45, 2.75) is 19.8 Å². The van der Waals surface area contributed by atoms with Gasteiger partial charge in [0.1, 0.15) is 0 Å². The average molecular weight is 283 g/mol.